The molecule has 6 heteroatoms. The van der Waals surface area contributed by atoms with Crippen molar-refractivity contribution in [2.24, 2.45) is 0 Å². The molecule has 0 bridgehead atoms. The van der Waals surface area contributed by atoms with Crippen molar-refractivity contribution in [1.82, 2.24) is 4.37 Å². The third-order valence-corrected chi connectivity index (χ3v) is 1.76. The standard InChI is InChI=1S/C5H7N3O2S/c1-7(2)5-4(8(9)10)3-11-6-5/h3H,1-2H3. The molecule has 0 spiro atoms. The predicted molar refractivity (Wildman–Crippen MR) is 43.1 cm³/mol. The van der Waals surface area contributed by atoms with Gasteiger partial charge in [0.15, 0.2) is 0 Å². The predicted octanol–water partition coefficient (Wildman–Crippen LogP) is 1.12. The lowest BCUT2D eigenvalue weighted by Gasteiger charge is -2.05. The molecule has 0 aliphatic rings. The maximum absolute atomic E-state index is 10.3. The smallest absolute Gasteiger partial charge is 0.323 e. The van der Waals surface area contributed by atoms with Crippen molar-refractivity contribution in [3.63, 3.8) is 0 Å². The first-order valence-electron chi connectivity index (χ1n) is 2.89. The molecule has 0 atom stereocenters. The molecular weight excluding hydrogens is 166 g/mol. The Morgan fingerprint density at radius 1 is 1.73 bits per heavy atom. The Balaban J connectivity index is 3.06. The molecule has 1 rings (SSSR count). The molecule has 11 heavy (non-hydrogen) atoms. The summed E-state index contributed by atoms with van der Waals surface area (Å²) in [6.45, 7) is 0. The minimum Gasteiger partial charge on any atom is -0.356 e. The second-order valence-electron chi connectivity index (χ2n) is 2.17. The molecule has 60 valence electrons. The van der Waals surface area contributed by atoms with E-state index < -0.39 is 4.92 Å². The summed E-state index contributed by atoms with van der Waals surface area (Å²) in [5.41, 5.74) is 0.0694. The van der Waals surface area contributed by atoms with Crippen LogP contribution in [0.2, 0.25) is 0 Å². The largest absolute Gasteiger partial charge is 0.356 e. The summed E-state index contributed by atoms with van der Waals surface area (Å²) in [7, 11) is 3.45. The van der Waals surface area contributed by atoms with Gasteiger partial charge in [0, 0.05) is 14.1 Å². The van der Waals surface area contributed by atoms with Gasteiger partial charge < -0.3 is 4.90 Å². The van der Waals surface area contributed by atoms with Gasteiger partial charge in [0.05, 0.1) is 10.3 Å². The van der Waals surface area contributed by atoms with Gasteiger partial charge in [-0.2, -0.15) is 4.37 Å². The molecule has 0 fully saturated rings. The van der Waals surface area contributed by atoms with Crippen LogP contribution in [-0.2, 0) is 0 Å². The zero-order valence-electron chi connectivity index (χ0n) is 6.14. The minimum atomic E-state index is -0.432. The van der Waals surface area contributed by atoms with Crippen LogP contribution in [-0.4, -0.2) is 23.4 Å². The van der Waals surface area contributed by atoms with Crippen LogP contribution in [0.15, 0.2) is 5.38 Å². The fourth-order valence-electron chi connectivity index (χ4n) is 0.661. The van der Waals surface area contributed by atoms with Gasteiger partial charge in [-0.05, 0) is 11.5 Å². The van der Waals surface area contributed by atoms with E-state index in [1.165, 1.54) is 5.38 Å². The first kappa shape index (κ1) is 7.93. The van der Waals surface area contributed by atoms with Gasteiger partial charge in [-0.1, -0.05) is 0 Å². The molecule has 1 aromatic heterocycles. The van der Waals surface area contributed by atoms with E-state index in [0.717, 1.165) is 11.5 Å². The highest BCUT2D eigenvalue weighted by atomic mass is 32.1. The zero-order chi connectivity index (χ0) is 8.43. The highest BCUT2D eigenvalue weighted by Crippen LogP contribution is 2.26. The molecule has 0 aromatic carbocycles. The van der Waals surface area contributed by atoms with Crippen molar-refractivity contribution >= 4 is 23.0 Å². The Morgan fingerprint density at radius 2 is 2.36 bits per heavy atom. The summed E-state index contributed by atoms with van der Waals surface area (Å²) in [5.74, 6) is 0.417. The number of nitro groups is 1. The molecule has 0 aliphatic carbocycles. The van der Waals surface area contributed by atoms with E-state index >= 15 is 0 Å². The number of aromatic nitrogens is 1. The summed E-state index contributed by atoms with van der Waals surface area (Å²) in [4.78, 5) is 11.5. The first-order chi connectivity index (χ1) is 5.13. The minimum absolute atomic E-state index is 0.0694. The van der Waals surface area contributed by atoms with E-state index in [2.05, 4.69) is 4.37 Å². The number of rotatable bonds is 2. The van der Waals surface area contributed by atoms with Crippen LogP contribution in [0, 0.1) is 10.1 Å². The van der Waals surface area contributed by atoms with Crippen LogP contribution in [0.4, 0.5) is 11.5 Å². The van der Waals surface area contributed by atoms with E-state index in [-0.39, 0.29) is 5.69 Å². The molecule has 0 radical (unpaired) electrons. The van der Waals surface area contributed by atoms with Crippen LogP contribution in [0.5, 0.6) is 0 Å². The lowest BCUT2D eigenvalue weighted by molar-refractivity contribution is -0.383. The Hall–Kier alpha value is -1.17. The third-order valence-electron chi connectivity index (χ3n) is 1.15. The molecule has 0 saturated carbocycles. The van der Waals surface area contributed by atoms with Gasteiger partial charge in [-0.25, -0.2) is 0 Å². The molecule has 0 N–H and O–H groups in total. The number of anilines is 1. The van der Waals surface area contributed by atoms with Crippen molar-refractivity contribution in [2.45, 2.75) is 0 Å². The quantitative estimate of drug-likeness (QED) is 0.496. The average molecular weight is 173 g/mol. The van der Waals surface area contributed by atoms with E-state index in [9.17, 15) is 10.1 Å². The maximum Gasteiger partial charge on any atom is 0.323 e. The monoisotopic (exact) mass is 173 g/mol. The van der Waals surface area contributed by atoms with Crippen molar-refractivity contribution in [2.75, 3.05) is 19.0 Å². The van der Waals surface area contributed by atoms with Gasteiger partial charge in [0.1, 0.15) is 0 Å². The molecular formula is C5H7N3O2S. The van der Waals surface area contributed by atoms with Gasteiger partial charge in [-0.3, -0.25) is 10.1 Å². The Bertz CT molecular complexity index is 270. The van der Waals surface area contributed by atoms with Gasteiger partial charge in [-0.15, -0.1) is 0 Å². The number of nitrogens with zero attached hydrogens (tertiary/aromatic N) is 3. The summed E-state index contributed by atoms with van der Waals surface area (Å²) < 4.78 is 3.86. The SMILES string of the molecule is CN(C)c1nscc1[N+](=O)[O-]. The van der Waals surface area contributed by atoms with Crippen LogP contribution in [0.3, 0.4) is 0 Å². The van der Waals surface area contributed by atoms with E-state index in [1.807, 2.05) is 0 Å². The summed E-state index contributed by atoms with van der Waals surface area (Å²) >= 11 is 1.09. The van der Waals surface area contributed by atoms with Crippen LogP contribution in [0.1, 0.15) is 0 Å². The van der Waals surface area contributed by atoms with E-state index in [1.54, 1.807) is 19.0 Å². The lowest BCUT2D eigenvalue weighted by atomic mass is 10.5. The Morgan fingerprint density at radius 3 is 2.73 bits per heavy atom. The molecule has 0 aliphatic heterocycles. The Kier molecular flexibility index (Phi) is 2.04. The van der Waals surface area contributed by atoms with Gasteiger partial charge in [0.2, 0.25) is 5.82 Å². The highest BCUT2D eigenvalue weighted by molar-refractivity contribution is 7.04. The zero-order valence-corrected chi connectivity index (χ0v) is 6.96. The summed E-state index contributed by atoms with van der Waals surface area (Å²) in [6, 6.07) is 0. The topological polar surface area (TPSA) is 59.3 Å². The fourth-order valence-corrected chi connectivity index (χ4v) is 1.36. The summed E-state index contributed by atoms with van der Waals surface area (Å²) in [5, 5.41) is 11.8. The van der Waals surface area contributed by atoms with Crippen LogP contribution in [0.25, 0.3) is 0 Å². The van der Waals surface area contributed by atoms with Crippen molar-refractivity contribution in [1.29, 1.82) is 0 Å². The highest BCUT2D eigenvalue weighted by Gasteiger charge is 2.17. The third kappa shape index (κ3) is 1.45. The number of hydrogen-bond acceptors (Lipinski definition) is 5. The van der Waals surface area contributed by atoms with Crippen molar-refractivity contribution < 1.29 is 4.92 Å². The molecule has 0 unspecified atom stereocenters. The van der Waals surface area contributed by atoms with Crippen molar-refractivity contribution in [3.05, 3.63) is 15.5 Å². The van der Waals surface area contributed by atoms with Crippen molar-refractivity contribution in [3.8, 4) is 0 Å². The normalized spacial score (nSPS) is 9.64. The van der Waals surface area contributed by atoms with E-state index in [0.29, 0.717) is 5.82 Å². The first-order valence-corrected chi connectivity index (χ1v) is 3.72. The van der Waals surface area contributed by atoms with Crippen LogP contribution < -0.4 is 4.90 Å². The molecule has 5 nitrogen and oxygen atoms in total. The second kappa shape index (κ2) is 2.83. The number of hydrogen-bond donors (Lipinski definition) is 0. The van der Waals surface area contributed by atoms with Gasteiger partial charge in [0.25, 0.3) is 0 Å². The van der Waals surface area contributed by atoms with E-state index in [4.69, 9.17) is 0 Å². The van der Waals surface area contributed by atoms with Crippen LogP contribution >= 0.6 is 11.5 Å². The fraction of sp³-hybridized carbons (Fsp3) is 0.400. The lowest BCUT2D eigenvalue weighted by Crippen LogP contribution is -2.10. The summed E-state index contributed by atoms with van der Waals surface area (Å²) in [6.07, 6.45) is 0. The maximum atomic E-state index is 10.3. The molecule has 1 heterocycles. The molecule has 0 saturated heterocycles. The Labute approximate surface area is 67.6 Å². The average Bonchev–Trinajstić information content (AvgIpc) is 2.32. The second-order valence-corrected chi connectivity index (χ2v) is 2.80. The molecule has 0 amide bonds. The van der Waals surface area contributed by atoms with Gasteiger partial charge >= 0.3 is 5.69 Å². The molecule has 1 aromatic rings.